The maximum Gasteiger partial charge on any atom is 0.261 e. The van der Waals surface area contributed by atoms with Crippen LogP contribution in [0.5, 0.6) is 17.2 Å². The molecule has 0 saturated heterocycles. The lowest BCUT2D eigenvalue weighted by Crippen LogP contribution is -2.50. The molecular weight excluding hydrogens is 415 g/mol. The van der Waals surface area contributed by atoms with Crippen LogP contribution in [0.25, 0.3) is 0 Å². The van der Waals surface area contributed by atoms with E-state index in [0.29, 0.717) is 35.8 Å². The lowest BCUT2D eigenvalue weighted by Gasteiger charge is -2.30. The van der Waals surface area contributed by atoms with Crippen LogP contribution in [0.4, 0.5) is 4.39 Å². The Kier molecular flexibility index (Phi) is 9.78. The highest BCUT2D eigenvalue weighted by atomic mass is 19.1. The van der Waals surface area contributed by atoms with Gasteiger partial charge in [-0.3, -0.25) is 9.59 Å². The van der Waals surface area contributed by atoms with Crippen molar-refractivity contribution in [3.8, 4) is 17.2 Å². The summed E-state index contributed by atoms with van der Waals surface area (Å²) in [6.07, 6.45) is 1.21. The molecule has 32 heavy (non-hydrogen) atoms. The Hall–Kier alpha value is -3.29. The number of rotatable bonds is 12. The number of benzene rings is 2. The molecule has 0 aromatic heterocycles. The molecule has 0 radical (unpaired) electrons. The zero-order chi connectivity index (χ0) is 23.5. The molecule has 0 heterocycles. The maximum atomic E-state index is 13.3. The van der Waals surface area contributed by atoms with Crippen LogP contribution in [0.1, 0.15) is 32.3 Å². The first-order valence-corrected chi connectivity index (χ1v) is 10.6. The Morgan fingerprint density at radius 1 is 1.00 bits per heavy atom. The minimum Gasteiger partial charge on any atom is -0.496 e. The number of hydrogen-bond donors (Lipinski definition) is 1. The molecule has 1 N–H and O–H groups in total. The minimum absolute atomic E-state index is 0.155. The number of nitrogens with zero attached hydrogens (tertiary/aromatic N) is 1. The highest BCUT2D eigenvalue weighted by molar-refractivity contribution is 5.88. The van der Waals surface area contributed by atoms with Gasteiger partial charge in [0, 0.05) is 31.3 Å². The van der Waals surface area contributed by atoms with Crippen molar-refractivity contribution < 1.29 is 28.2 Å². The number of carbonyl (C=O) groups is 2. The number of hydrogen-bond acceptors (Lipinski definition) is 5. The van der Waals surface area contributed by atoms with Crippen LogP contribution in [0.2, 0.25) is 0 Å². The molecule has 1 atom stereocenters. The molecule has 0 aliphatic rings. The second-order valence-corrected chi connectivity index (χ2v) is 7.20. The summed E-state index contributed by atoms with van der Waals surface area (Å²) < 4.78 is 29.5. The molecule has 0 aliphatic carbocycles. The van der Waals surface area contributed by atoms with Gasteiger partial charge >= 0.3 is 0 Å². The number of nitrogens with one attached hydrogen (secondary N) is 1. The number of carbonyl (C=O) groups excluding carboxylic acids is 2. The van der Waals surface area contributed by atoms with E-state index in [0.717, 1.165) is 6.42 Å². The van der Waals surface area contributed by atoms with Crippen LogP contribution in [-0.2, 0) is 16.1 Å². The third-order valence-electron chi connectivity index (χ3n) is 4.89. The first-order chi connectivity index (χ1) is 15.4. The quantitative estimate of drug-likeness (QED) is 0.540. The first kappa shape index (κ1) is 25.0. The van der Waals surface area contributed by atoms with Crippen molar-refractivity contribution in [2.45, 2.75) is 39.3 Å². The summed E-state index contributed by atoms with van der Waals surface area (Å²) in [5.41, 5.74) is 0.713. The van der Waals surface area contributed by atoms with Crippen LogP contribution in [0, 0.1) is 5.82 Å². The Morgan fingerprint density at radius 3 is 2.12 bits per heavy atom. The summed E-state index contributed by atoms with van der Waals surface area (Å²) in [6, 6.07) is 10.2. The normalized spacial score (nSPS) is 11.4. The predicted octanol–water partition coefficient (Wildman–Crippen LogP) is 3.56. The van der Waals surface area contributed by atoms with Gasteiger partial charge in [-0.2, -0.15) is 0 Å². The predicted molar refractivity (Wildman–Crippen MR) is 119 cm³/mol. The fraction of sp³-hybridized carbons (Fsp3) is 0.417. The molecule has 2 rings (SSSR count). The molecule has 2 amide bonds. The summed E-state index contributed by atoms with van der Waals surface area (Å²) in [7, 11) is 3.05. The molecule has 0 aliphatic heterocycles. The molecule has 8 heteroatoms. The molecule has 0 saturated carbocycles. The summed E-state index contributed by atoms with van der Waals surface area (Å²) in [4.78, 5) is 27.4. The van der Waals surface area contributed by atoms with Crippen molar-refractivity contribution in [3.05, 3.63) is 53.8 Å². The number of ether oxygens (including phenoxy) is 3. The maximum absolute atomic E-state index is 13.3. The van der Waals surface area contributed by atoms with E-state index in [1.54, 1.807) is 30.3 Å². The lowest BCUT2D eigenvalue weighted by atomic mass is 10.1. The summed E-state index contributed by atoms with van der Waals surface area (Å²) in [6.45, 7) is 4.19. The average molecular weight is 447 g/mol. The van der Waals surface area contributed by atoms with E-state index in [2.05, 4.69) is 5.32 Å². The van der Waals surface area contributed by atoms with E-state index in [1.165, 1.54) is 31.3 Å². The second-order valence-electron chi connectivity index (χ2n) is 7.20. The van der Waals surface area contributed by atoms with Gasteiger partial charge in [-0.1, -0.05) is 26.0 Å². The molecule has 7 nitrogen and oxygen atoms in total. The fourth-order valence-electron chi connectivity index (χ4n) is 3.16. The summed E-state index contributed by atoms with van der Waals surface area (Å²) >= 11 is 0. The van der Waals surface area contributed by atoms with Crippen LogP contribution in [0.15, 0.2) is 42.5 Å². The molecule has 174 valence electrons. The molecule has 0 fully saturated rings. The third kappa shape index (κ3) is 7.14. The van der Waals surface area contributed by atoms with Gasteiger partial charge in [0.2, 0.25) is 5.91 Å². The zero-order valence-electron chi connectivity index (χ0n) is 19.0. The van der Waals surface area contributed by atoms with Crippen LogP contribution in [0.3, 0.4) is 0 Å². The summed E-state index contributed by atoms with van der Waals surface area (Å²) in [5.74, 6) is 0.498. The standard InChI is InChI=1S/C24H31FN2O5/c1-5-11-26-24(29)22(6-2)27(15-17-7-9-18(25)10-8-17)23(28)16-32-21-13-19(30-3)12-20(14-21)31-4/h7-10,12-14,22H,5-6,11,15-16H2,1-4H3,(H,26,29)/t22-/m0/s1. The smallest absolute Gasteiger partial charge is 0.261 e. The van der Waals surface area contributed by atoms with E-state index < -0.39 is 6.04 Å². The van der Waals surface area contributed by atoms with Gasteiger partial charge in [0.1, 0.15) is 29.1 Å². The molecule has 0 bridgehead atoms. The van der Waals surface area contributed by atoms with E-state index >= 15 is 0 Å². The highest BCUT2D eigenvalue weighted by Crippen LogP contribution is 2.27. The van der Waals surface area contributed by atoms with Crippen molar-refractivity contribution in [3.63, 3.8) is 0 Å². The van der Waals surface area contributed by atoms with E-state index in [4.69, 9.17) is 14.2 Å². The molecule has 0 unspecified atom stereocenters. The van der Waals surface area contributed by atoms with Crippen molar-refractivity contribution in [1.82, 2.24) is 10.2 Å². The Bertz CT molecular complexity index is 866. The second kappa shape index (κ2) is 12.5. The van der Waals surface area contributed by atoms with Crippen molar-refractivity contribution in [2.24, 2.45) is 0 Å². The summed E-state index contributed by atoms with van der Waals surface area (Å²) in [5, 5.41) is 2.85. The lowest BCUT2D eigenvalue weighted by molar-refractivity contribution is -0.143. The third-order valence-corrected chi connectivity index (χ3v) is 4.89. The van der Waals surface area contributed by atoms with Gasteiger partial charge in [-0.25, -0.2) is 4.39 Å². The largest absolute Gasteiger partial charge is 0.496 e. The van der Waals surface area contributed by atoms with Gasteiger partial charge < -0.3 is 24.4 Å². The number of methoxy groups -OCH3 is 2. The van der Waals surface area contributed by atoms with Gasteiger partial charge in [0.05, 0.1) is 14.2 Å². The Balaban J connectivity index is 2.22. The van der Waals surface area contributed by atoms with E-state index in [-0.39, 0.29) is 30.8 Å². The number of halogens is 1. The van der Waals surface area contributed by atoms with Crippen molar-refractivity contribution in [2.75, 3.05) is 27.4 Å². The molecular formula is C24H31FN2O5. The zero-order valence-corrected chi connectivity index (χ0v) is 19.0. The van der Waals surface area contributed by atoms with Crippen molar-refractivity contribution in [1.29, 1.82) is 0 Å². The van der Waals surface area contributed by atoms with Crippen LogP contribution in [-0.4, -0.2) is 50.1 Å². The van der Waals surface area contributed by atoms with E-state index in [1.807, 2.05) is 13.8 Å². The van der Waals surface area contributed by atoms with Gasteiger partial charge in [0.25, 0.3) is 5.91 Å². The topological polar surface area (TPSA) is 77.1 Å². The van der Waals surface area contributed by atoms with Crippen LogP contribution < -0.4 is 19.5 Å². The highest BCUT2D eigenvalue weighted by Gasteiger charge is 2.28. The SMILES string of the molecule is CCCNC(=O)[C@H](CC)N(Cc1ccc(F)cc1)C(=O)COc1cc(OC)cc(OC)c1. The van der Waals surface area contributed by atoms with Gasteiger partial charge in [-0.05, 0) is 30.5 Å². The average Bonchev–Trinajstić information content (AvgIpc) is 2.81. The minimum atomic E-state index is -0.678. The van der Waals surface area contributed by atoms with Gasteiger partial charge in [-0.15, -0.1) is 0 Å². The molecule has 0 spiro atoms. The van der Waals surface area contributed by atoms with Crippen LogP contribution >= 0.6 is 0 Å². The Labute approximate surface area is 188 Å². The number of amides is 2. The molecule has 2 aromatic carbocycles. The van der Waals surface area contributed by atoms with Crippen molar-refractivity contribution >= 4 is 11.8 Å². The van der Waals surface area contributed by atoms with E-state index in [9.17, 15) is 14.0 Å². The monoisotopic (exact) mass is 446 g/mol. The molecule has 2 aromatic rings. The fourth-order valence-corrected chi connectivity index (χ4v) is 3.16. The first-order valence-electron chi connectivity index (χ1n) is 10.6. The Morgan fingerprint density at radius 2 is 1.59 bits per heavy atom. The van der Waals surface area contributed by atoms with Gasteiger partial charge in [0.15, 0.2) is 6.61 Å².